The fourth-order valence-corrected chi connectivity index (χ4v) is 1.00. The van der Waals surface area contributed by atoms with E-state index in [9.17, 15) is 0 Å². The molecule has 0 radical (unpaired) electrons. The number of ether oxygens (including phenoxy) is 1. The molecular weight excluding hydrogens is 150 g/mol. The van der Waals surface area contributed by atoms with Crippen molar-refractivity contribution in [2.24, 2.45) is 5.11 Å². The van der Waals surface area contributed by atoms with Crippen LogP contribution < -0.4 is 0 Å². The highest BCUT2D eigenvalue weighted by Crippen LogP contribution is 2.20. The maximum Gasteiger partial charge on any atom is 0.139 e. The lowest BCUT2D eigenvalue weighted by Crippen LogP contribution is -2.24. The molecule has 0 saturated carbocycles. The molecular formula is C5H9N3O3. The fourth-order valence-electron chi connectivity index (χ4n) is 1.00. The van der Waals surface area contributed by atoms with Crippen LogP contribution in [0.5, 0.6) is 0 Å². The normalized spacial score (nSPS) is 36.7. The van der Waals surface area contributed by atoms with Gasteiger partial charge in [-0.3, -0.25) is 0 Å². The molecule has 1 aliphatic heterocycles. The summed E-state index contributed by atoms with van der Waals surface area (Å²) < 4.78 is 4.94. The van der Waals surface area contributed by atoms with Gasteiger partial charge in [-0.15, -0.1) is 0 Å². The van der Waals surface area contributed by atoms with E-state index in [4.69, 9.17) is 20.5 Å². The summed E-state index contributed by atoms with van der Waals surface area (Å²) in [6.07, 6.45) is -1.71. The third-order valence-corrected chi connectivity index (χ3v) is 1.56. The molecule has 1 fully saturated rings. The molecule has 1 saturated heterocycles. The third kappa shape index (κ3) is 1.81. The van der Waals surface area contributed by atoms with Crippen molar-refractivity contribution >= 4 is 0 Å². The van der Waals surface area contributed by atoms with Gasteiger partial charge < -0.3 is 14.9 Å². The molecule has 1 aliphatic rings. The van der Waals surface area contributed by atoms with Crippen LogP contribution in [0.25, 0.3) is 10.4 Å². The standard InChI is InChI=1S/C5H9N3O3/c6-8-7-5-1-3(10)4(2-9)11-5/h3-5,9-10H,1-2H2/t3-,4+,5?/m0/s1. The summed E-state index contributed by atoms with van der Waals surface area (Å²) in [5.74, 6) is 0. The molecule has 0 bridgehead atoms. The van der Waals surface area contributed by atoms with E-state index in [1.54, 1.807) is 0 Å². The van der Waals surface area contributed by atoms with Crippen LogP contribution in [0.2, 0.25) is 0 Å². The van der Waals surface area contributed by atoms with Crippen LogP contribution in [0.15, 0.2) is 5.11 Å². The van der Waals surface area contributed by atoms with Gasteiger partial charge in [0, 0.05) is 11.3 Å². The van der Waals surface area contributed by atoms with Crippen molar-refractivity contribution in [2.45, 2.75) is 24.9 Å². The molecule has 1 heterocycles. The minimum atomic E-state index is -0.726. The van der Waals surface area contributed by atoms with Crippen LogP contribution in [0.4, 0.5) is 0 Å². The molecule has 3 atom stereocenters. The maximum absolute atomic E-state index is 9.12. The van der Waals surface area contributed by atoms with E-state index in [1.807, 2.05) is 0 Å². The van der Waals surface area contributed by atoms with E-state index in [1.165, 1.54) is 0 Å². The van der Waals surface area contributed by atoms with Crippen LogP contribution in [0, 0.1) is 0 Å². The van der Waals surface area contributed by atoms with Crippen LogP contribution in [-0.2, 0) is 4.74 Å². The van der Waals surface area contributed by atoms with E-state index in [0.29, 0.717) is 0 Å². The Morgan fingerprint density at radius 1 is 1.73 bits per heavy atom. The van der Waals surface area contributed by atoms with Crippen molar-refractivity contribution in [1.29, 1.82) is 0 Å². The molecule has 6 nitrogen and oxygen atoms in total. The first-order valence-corrected chi connectivity index (χ1v) is 3.26. The summed E-state index contributed by atoms with van der Waals surface area (Å²) in [5, 5.41) is 21.0. The van der Waals surface area contributed by atoms with Crippen LogP contribution in [0.1, 0.15) is 6.42 Å². The highest BCUT2D eigenvalue weighted by atomic mass is 16.5. The van der Waals surface area contributed by atoms with E-state index in [2.05, 4.69) is 10.0 Å². The lowest BCUT2D eigenvalue weighted by atomic mass is 10.2. The molecule has 1 unspecified atom stereocenters. The second kappa shape index (κ2) is 3.54. The predicted molar refractivity (Wildman–Crippen MR) is 35.5 cm³/mol. The SMILES string of the molecule is [N-]=[N+]=NC1C[C@H](O)[C@@H](CO)O1. The third-order valence-electron chi connectivity index (χ3n) is 1.56. The first kappa shape index (κ1) is 8.29. The van der Waals surface area contributed by atoms with Gasteiger partial charge in [-0.05, 0) is 5.53 Å². The molecule has 0 aliphatic carbocycles. The van der Waals surface area contributed by atoms with Gasteiger partial charge in [0.25, 0.3) is 0 Å². The molecule has 0 spiro atoms. The van der Waals surface area contributed by atoms with Gasteiger partial charge in [0.05, 0.1) is 12.7 Å². The number of aliphatic hydroxyl groups is 2. The van der Waals surface area contributed by atoms with Gasteiger partial charge in [0.1, 0.15) is 12.3 Å². The van der Waals surface area contributed by atoms with Crippen molar-refractivity contribution in [1.82, 2.24) is 0 Å². The van der Waals surface area contributed by atoms with Crippen molar-refractivity contribution in [3.8, 4) is 0 Å². The molecule has 11 heavy (non-hydrogen) atoms. The lowest BCUT2D eigenvalue weighted by molar-refractivity contribution is -0.0198. The zero-order valence-corrected chi connectivity index (χ0v) is 5.79. The molecule has 2 N–H and O–H groups in total. The Balaban J connectivity index is 2.48. The topological polar surface area (TPSA) is 98.5 Å². The lowest BCUT2D eigenvalue weighted by Gasteiger charge is -2.08. The van der Waals surface area contributed by atoms with E-state index in [-0.39, 0.29) is 13.0 Å². The quantitative estimate of drug-likeness (QED) is 0.330. The second-order valence-electron chi connectivity index (χ2n) is 2.32. The predicted octanol–water partition coefficient (Wildman–Crippen LogP) is -0.235. The van der Waals surface area contributed by atoms with Crippen molar-refractivity contribution < 1.29 is 14.9 Å². The Labute approximate surface area is 63.0 Å². The summed E-state index contributed by atoms with van der Waals surface area (Å²) in [5.41, 5.74) is 8.01. The van der Waals surface area contributed by atoms with Crippen molar-refractivity contribution in [3.05, 3.63) is 10.4 Å². The number of aliphatic hydroxyl groups excluding tert-OH is 2. The summed E-state index contributed by atoms with van der Waals surface area (Å²) in [6.45, 7) is -0.251. The van der Waals surface area contributed by atoms with Crippen molar-refractivity contribution in [2.75, 3.05) is 6.61 Å². The molecule has 0 aromatic heterocycles. The Morgan fingerprint density at radius 3 is 2.91 bits per heavy atom. The van der Waals surface area contributed by atoms with Crippen molar-refractivity contribution in [3.63, 3.8) is 0 Å². The maximum atomic E-state index is 9.12. The number of hydrogen-bond acceptors (Lipinski definition) is 4. The smallest absolute Gasteiger partial charge is 0.139 e. The minimum absolute atomic E-state index is 0.251. The largest absolute Gasteiger partial charge is 0.394 e. The molecule has 0 amide bonds. The van der Waals surface area contributed by atoms with Gasteiger partial charge in [-0.25, -0.2) is 0 Å². The number of azide groups is 1. The Morgan fingerprint density at radius 2 is 2.45 bits per heavy atom. The first-order chi connectivity index (χ1) is 5.27. The van der Waals surface area contributed by atoms with Gasteiger partial charge in [0.15, 0.2) is 0 Å². The van der Waals surface area contributed by atoms with E-state index >= 15 is 0 Å². The van der Waals surface area contributed by atoms with Crippen LogP contribution in [-0.4, -0.2) is 35.3 Å². The summed E-state index contributed by atoms with van der Waals surface area (Å²) in [4.78, 5) is 2.53. The Kier molecular flexibility index (Phi) is 2.67. The number of hydrogen-bond donors (Lipinski definition) is 2. The average Bonchev–Trinajstić information content (AvgIpc) is 2.32. The average molecular weight is 159 g/mol. The van der Waals surface area contributed by atoms with Gasteiger partial charge >= 0.3 is 0 Å². The van der Waals surface area contributed by atoms with Crippen LogP contribution >= 0.6 is 0 Å². The summed E-state index contributed by atoms with van der Waals surface area (Å²) in [6, 6.07) is 0. The summed E-state index contributed by atoms with van der Waals surface area (Å²) in [7, 11) is 0. The molecule has 62 valence electrons. The van der Waals surface area contributed by atoms with Crippen LogP contribution in [0.3, 0.4) is 0 Å². The van der Waals surface area contributed by atoms with Gasteiger partial charge in [-0.1, -0.05) is 5.11 Å². The Hall–Kier alpha value is -0.810. The first-order valence-electron chi connectivity index (χ1n) is 3.26. The summed E-state index contributed by atoms with van der Waals surface area (Å²) >= 11 is 0. The van der Waals surface area contributed by atoms with E-state index < -0.39 is 18.4 Å². The highest BCUT2D eigenvalue weighted by Gasteiger charge is 2.32. The number of rotatable bonds is 2. The zero-order valence-electron chi connectivity index (χ0n) is 5.79. The zero-order chi connectivity index (χ0) is 8.27. The highest BCUT2D eigenvalue weighted by molar-refractivity contribution is 4.80. The number of nitrogens with zero attached hydrogens (tertiary/aromatic N) is 3. The molecule has 0 aromatic carbocycles. The van der Waals surface area contributed by atoms with E-state index in [0.717, 1.165) is 0 Å². The second-order valence-corrected chi connectivity index (χ2v) is 2.32. The van der Waals surface area contributed by atoms with Gasteiger partial charge in [-0.2, -0.15) is 0 Å². The molecule has 6 heteroatoms. The fraction of sp³-hybridized carbons (Fsp3) is 1.00. The van der Waals surface area contributed by atoms with Gasteiger partial charge in [0.2, 0.25) is 0 Å². The minimum Gasteiger partial charge on any atom is -0.394 e. The molecule has 1 rings (SSSR count). The monoisotopic (exact) mass is 159 g/mol. The molecule has 0 aromatic rings. The Bertz CT molecular complexity index is 180.